The van der Waals surface area contributed by atoms with E-state index in [0.717, 1.165) is 42.7 Å². The lowest BCUT2D eigenvalue weighted by molar-refractivity contribution is -0.117. The van der Waals surface area contributed by atoms with E-state index in [9.17, 15) is 10.1 Å². The Morgan fingerprint density at radius 2 is 2.04 bits per heavy atom. The second kappa shape index (κ2) is 8.34. The number of ether oxygens (including phenoxy) is 1. The summed E-state index contributed by atoms with van der Waals surface area (Å²) < 4.78 is 5.17. The van der Waals surface area contributed by atoms with Crippen LogP contribution in [0.15, 0.2) is 36.0 Å². The van der Waals surface area contributed by atoms with Crippen LogP contribution in [0.25, 0.3) is 17.3 Å². The van der Waals surface area contributed by atoms with Gasteiger partial charge in [0.15, 0.2) is 0 Å². The number of hydrogen-bond donors (Lipinski definition) is 2. The van der Waals surface area contributed by atoms with Gasteiger partial charge in [0, 0.05) is 17.2 Å². The average molecular weight is 350 g/mol. The van der Waals surface area contributed by atoms with Crippen LogP contribution in [-0.4, -0.2) is 29.3 Å². The van der Waals surface area contributed by atoms with Crippen LogP contribution in [0.1, 0.15) is 37.7 Å². The van der Waals surface area contributed by atoms with Gasteiger partial charge in [-0.2, -0.15) is 10.4 Å². The molecule has 6 nitrogen and oxygen atoms in total. The Bertz CT molecular complexity index is 824. The van der Waals surface area contributed by atoms with E-state index in [0.29, 0.717) is 5.56 Å². The van der Waals surface area contributed by atoms with E-state index in [2.05, 4.69) is 15.5 Å². The van der Waals surface area contributed by atoms with Crippen molar-refractivity contribution >= 4 is 12.0 Å². The molecule has 0 saturated heterocycles. The maximum absolute atomic E-state index is 12.5. The summed E-state index contributed by atoms with van der Waals surface area (Å²) in [5, 5.41) is 19.4. The van der Waals surface area contributed by atoms with Crippen LogP contribution < -0.4 is 10.1 Å². The number of aromatic nitrogens is 2. The first-order valence-corrected chi connectivity index (χ1v) is 8.81. The molecule has 1 aliphatic rings. The highest BCUT2D eigenvalue weighted by atomic mass is 16.5. The summed E-state index contributed by atoms with van der Waals surface area (Å²) in [5.41, 5.74) is 2.45. The second-order valence-electron chi connectivity index (χ2n) is 6.41. The van der Waals surface area contributed by atoms with Crippen molar-refractivity contribution in [2.24, 2.45) is 0 Å². The van der Waals surface area contributed by atoms with Crippen molar-refractivity contribution in [2.75, 3.05) is 7.11 Å². The van der Waals surface area contributed by atoms with Crippen molar-refractivity contribution in [2.45, 2.75) is 38.1 Å². The molecule has 1 fully saturated rings. The maximum atomic E-state index is 12.5. The zero-order valence-corrected chi connectivity index (χ0v) is 14.8. The largest absolute Gasteiger partial charge is 0.497 e. The molecule has 1 aromatic heterocycles. The minimum atomic E-state index is -0.318. The summed E-state index contributed by atoms with van der Waals surface area (Å²) in [4.78, 5) is 12.5. The summed E-state index contributed by atoms with van der Waals surface area (Å²) in [6, 6.07) is 9.68. The molecule has 0 bridgehead atoms. The first-order chi connectivity index (χ1) is 12.7. The summed E-state index contributed by atoms with van der Waals surface area (Å²) in [6.45, 7) is 0. The zero-order chi connectivity index (χ0) is 18.4. The van der Waals surface area contributed by atoms with Gasteiger partial charge in [-0.15, -0.1) is 0 Å². The molecular weight excluding hydrogens is 328 g/mol. The van der Waals surface area contributed by atoms with E-state index in [1.165, 1.54) is 6.42 Å². The Morgan fingerprint density at radius 1 is 1.31 bits per heavy atom. The van der Waals surface area contributed by atoms with Gasteiger partial charge in [-0.05, 0) is 43.2 Å². The van der Waals surface area contributed by atoms with Crippen LogP contribution in [-0.2, 0) is 4.79 Å². The number of methoxy groups -OCH3 is 1. The Kier molecular flexibility index (Phi) is 5.69. The summed E-state index contributed by atoms with van der Waals surface area (Å²) in [6.07, 6.45) is 8.62. The predicted octanol–water partition coefficient (Wildman–Crippen LogP) is 3.44. The van der Waals surface area contributed by atoms with Gasteiger partial charge >= 0.3 is 0 Å². The third-order valence-corrected chi connectivity index (χ3v) is 4.65. The van der Waals surface area contributed by atoms with E-state index in [4.69, 9.17) is 4.74 Å². The Hall–Kier alpha value is -3.07. The van der Waals surface area contributed by atoms with Crippen LogP contribution in [0, 0.1) is 11.3 Å². The molecule has 0 unspecified atom stereocenters. The van der Waals surface area contributed by atoms with E-state index in [-0.39, 0.29) is 17.5 Å². The summed E-state index contributed by atoms with van der Waals surface area (Å²) >= 11 is 0. The number of hydrogen-bond acceptors (Lipinski definition) is 4. The van der Waals surface area contributed by atoms with Gasteiger partial charge in [-0.3, -0.25) is 9.89 Å². The molecule has 6 heteroatoms. The lowest BCUT2D eigenvalue weighted by Gasteiger charge is -2.22. The molecule has 1 saturated carbocycles. The van der Waals surface area contributed by atoms with Crippen LogP contribution >= 0.6 is 0 Å². The number of benzene rings is 1. The van der Waals surface area contributed by atoms with Crippen LogP contribution in [0.4, 0.5) is 0 Å². The molecule has 2 aromatic rings. The molecule has 1 aromatic carbocycles. The number of rotatable bonds is 5. The normalized spacial score (nSPS) is 15.3. The molecule has 3 rings (SSSR count). The number of amides is 1. The maximum Gasteiger partial charge on any atom is 0.262 e. The Balaban J connectivity index is 1.80. The molecule has 1 heterocycles. The minimum Gasteiger partial charge on any atom is -0.497 e. The van der Waals surface area contributed by atoms with E-state index < -0.39 is 0 Å². The fourth-order valence-electron chi connectivity index (χ4n) is 3.21. The highest BCUT2D eigenvalue weighted by molar-refractivity contribution is 6.02. The monoisotopic (exact) mass is 350 g/mol. The number of carbonyl (C=O) groups is 1. The van der Waals surface area contributed by atoms with E-state index >= 15 is 0 Å². The number of H-pyrrole nitrogens is 1. The number of aromatic amines is 1. The number of carbonyl (C=O) groups excluding carboxylic acids is 1. The molecule has 2 N–H and O–H groups in total. The molecule has 0 atom stereocenters. The molecule has 0 spiro atoms. The summed E-state index contributed by atoms with van der Waals surface area (Å²) in [7, 11) is 1.61. The molecule has 0 aliphatic heterocycles. The SMILES string of the molecule is COc1ccc(-c2[nH]ncc2/C=C(/C#N)C(=O)NC2CCCCC2)cc1. The second-order valence-corrected chi connectivity index (χ2v) is 6.41. The topological polar surface area (TPSA) is 90.8 Å². The Labute approximate surface area is 152 Å². The Morgan fingerprint density at radius 3 is 2.69 bits per heavy atom. The standard InChI is InChI=1S/C20H22N4O2/c1-26-18-9-7-14(8-10-18)19-16(13-22-24-19)11-15(12-21)20(25)23-17-5-3-2-4-6-17/h7-11,13,17H,2-6H2,1H3,(H,22,24)(H,23,25)/b15-11-. The first kappa shape index (κ1) is 17.7. The lowest BCUT2D eigenvalue weighted by atomic mass is 9.95. The van der Waals surface area contributed by atoms with Crippen molar-refractivity contribution in [1.82, 2.24) is 15.5 Å². The quantitative estimate of drug-likeness (QED) is 0.638. The van der Waals surface area contributed by atoms with Crippen molar-refractivity contribution < 1.29 is 9.53 Å². The highest BCUT2D eigenvalue weighted by Crippen LogP contribution is 2.25. The van der Waals surface area contributed by atoms with Gasteiger partial charge in [0.2, 0.25) is 0 Å². The number of nitriles is 1. The highest BCUT2D eigenvalue weighted by Gasteiger charge is 2.18. The van der Waals surface area contributed by atoms with Gasteiger partial charge < -0.3 is 10.1 Å². The fourth-order valence-corrected chi connectivity index (χ4v) is 3.21. The van der Waals surface area contributed by atoms with Crippen LogP contribution in [0.3, 0.4) is 0 Å². The fraction of sp³-hybridized carbons (Fsp3) is 0.350. The molecule has 26 heavy (non-hydrogen) atoms. The van der Waals surface area contributed by atoms with Crippen molar-refractivity contribution in [3.05, 3.63) is 41.6 Å². The van der Waals surface area contributed by atoms with Crippen molar-refractivity contribution in [3.63, 3.8) is 0 Å². The van der Waals surface area contributed by atoms with E-state index in [1.807, 2.05) is 30.3 Å². The first-order valence-electron chi connectivity index (χ1n) is 8.81. The molecule has 1 aliphatic carbocycles. The smallest absolute Gasteiger partial charge is 0.262 e. The van der Waals surface area contributed by atoms with Gasteiger partial charge in [-0.1, -0.05) is 19.3 Å². The van der Waals surface area contributed by atoms with Gasteiger partial charge in [0.1, 0.15) is 17.4 Å². The van der Waals surface area contributed by atoms with Gasteiger partial charge in [-0.25, -0.2) is 0 Å². The lowest BCUT2D eigenvalue weighted by Crippen LogP contribution is -2.36. The molecule has 1 amide bonds. The summed E-state index contributed by atoms with van der Waals surface area (Å²) in [5.74, 6) is 0.441. The van der Waals surface area contributed by atoms with Crippen LogP contribution in [0.2, 0.25) is 0 Å². The van der Waals surface area contributed by atoms with Crippen LogP contribution in [0.5, 0.6) is 5.75 Å². The van der Waals surface area contributed by atoms with Crippen molar-refractivity contribution in [1.29, 1.82) is 5.26 Å². The predicted molar refractivity (Wildman–Crippen MR) is 99.2 cm³/mol. The molecular formula is C20H22N4O2. The van der Waals surface area contributed by atoms with Gasteiger partial charge in [0.05, 0.1) is 19.0 Å². The molecule has 134 valence electrons. The average Bonchev–Trinajstić information content (AvgIpc) is 3.15. The zero-order valence-electron chi connectivity index (χ0n) is 14.8. The van der Waals surface area contributed by atoms with Crippen molar-refractivity contribution in [3.8, 4) is 23.1 Å². The van der Waals surface area contributed by atoms with E-state index in [1.54, 1.807) is 19.4 Å². The third kappa shape index (κ3) is 4.12. The number of nitrogens with one attached hydrogen (secondary N) is 2. The molecule has 0 radical (unpaired) electrons. The third-order valence-electron chi connectivity index (χ3n) is 4.65. The van der Waals surface area contributed by atoms with Gasteiger partial charge in [0.25, 0.3) is 5.91 Å². The minimum absolute atomic E-state index is 0.0896. The number of nitrogens with zero attached hydrogens (tertiary/aromatic N) is 2.